The van der Waals surface area contributed by atoms with Crippen LogP contribution in [0, 0.1) is 0 Å². The molecule has 0 aromatic heterocycles. The SMILES string of the molecule is CCCCCCCCCC(O)C(COC1OC(CO)C(OC2OC(CO)C(O)C(O)C2O)C(O)C1O)NC(C)=O. The minimum atomic E-state index is -1.77. The largest absolute Gasteiger partial charge is 0.394 e. The van der Waals surface area contributed by atoms with E-state index in [1.165, 1.54) is 26.2 Å². The van der Waals surface area contributed by atoms with Crippen LogP contribution in [0.1, 0.15) is 65.2 Å². The van der Waals surface area contributed by atoms with E-state index in [0.29, 0.717) is 6.42 Å². The van der Waals surface area contributed by atoms with Crippen LogP contribution < -0.4 is 5.32 Å². The molecule has 2 aliphatic heterocycles. The maximum absolute atomic E-state index is 11.7. The van der Waals surface area contributed by atoms with Gasteiger partial charge >= 0.3 is 0 Å². The van der Waals surface area contributed by atoms with Gasteiger partial charge in [-0.15, -0.1) is 0 Å². The molecule has 0 spiro atoms. The first-order valence-electron chi connectivity index (χ1n) is 14.2. The van der Waals surface area contributed by atoms with E-state index < -0.39 is 92.7 Å². The number of aliphatic hydroxyl groups is 8. The van der Waals surface area contributed by atoms with Crippen LogP contribution in [0.15, 0.2) is 0 Å². The van der Waals surface area contributed by atoms with Gasteiger partial charge in [0.1, 0.15) is 48.8 Å². The van der Waals surface area contributed by atoms with Crippen LogP contribution in [0.4, 0.5) is 0 Å². The molecule has 2 rings (SSSR count). The molecule has 14 nitrogen and oxygen atoms in total. The summed E-state index contributed by atoms with van der Waals surface area (Å²) in [7, 11) is 0. The summed E-state index contributed by atoms with van der Waals surface area (Å²) < 4.78 is 22.0. The van der Waals surface area contributed by atoms with Gasteiger partial charge in [0, 0.05) is 6.92 Å². The van der Waals surface area contributed by atoms with Crippen LogP contribution in [0.3, 0.4) is 0 Å². The van der Waals surface area contributed by atoms with E-state index >= 15 is 0 Å². The van der Waals surface area contributed by atoms with Crippen LogP contribution in [-0.2, 0) is 23.7 Å². The zero-order valence-electron chi connectivity index (χ0n) is 23.3. The van der Waals surface area contributed by atoms with Crippen LogP contribution in [0.5, 0.6) is 0 Å². The van der Waals surface area contributed by atoms with Gasteiger partial charge in [0.15, 0.2) is 12.6 Å². The molecule has 12 unspecified atom stereocenters. The number of hydrogen-bond acceptors (Lipinski definition) is 13. The molecule has 2 fully saturated rings. The summed E-state index contributed by atoms with van der Waals surface area (Å²) in [5.74, 6) is -0.390. The van der Waals surface area contributed by atoms with Crippen molar-refractivity contribution >= 4 is 5.91 Å². The fourth-order valence-electron chi connectivity index (χ4n) is 4.91. The highest BCUT2D eigenvalue weighted by molar-refractivity contribution is 5.73. The third kappa shape index (κ3) is 10.1. The molecule has 0 aliphatic carbocycles. The minimum Gasteiger partial charge on any atom is -0.394 e. The summed E-state index contributed by atoms with van der Waals surface area (Å²) in [5, 5.41) is 84.1. The van der Waals surface area contributed by atoms with E-state index in [1.807, 2.05) is 0 Å². The molecule has 0 saturated carbocycles. The molecule has 12 atom stereocenters. The standard InChI is InChI=1S/C26H49NO13/c1-3-4-5-6-7-8-9-10-16(31)15(27-14(2)30)13-37-25-23(36)21(34)24(18(12-29)39-25)40-26-22(35)20(33)19(32)17(11-28)38-26/h15-26,28-29,31-36H,3-13H2,1-2H3,(H,27,30). The molecule has 0 radical (unpaired) electrons. The van der Waals surface area contributed by atoms with Crippen molar-refractivity contribution in [2.75, 3.05) is 19.8 Å². The summed E-state index contributed by atoms with van der Waals surface area (Å²) in [6, 6.07) is -0.818. The van der Waals surface area contributed by atoms with E-state index in [9.17, 15) is 45.6 Å². The number of ether oxygens (including phenoxy) is 4. The van der Waals surface area contributed by atoms with E-state index in [1.54, 1.807) is 0 Å². The van der Waals surface area contributed by atoms with Crippen molar-refractivity contribution in [3.05, 3.63) is 0 Å². The van der Waals surface area contributed by atoms with E-state index in [4.69, 9.17) is 18.9 Å². The summed E-state index contributed by atoms with van der Waals surface area (Å²) in [6.07, 6.45) is -8.75. The predicted octanol–water partition coefficient (Wildman–Crippen LogP) is -2.37. The lowest BCUT2D eigenvalue weighted by Crippen LogP contribution is -2.65. The first kappa shape index (κ1) is 35.2. The average molecular weight is 584 g/mol. The Morgan fingerprint density at radius 3 is 1.98 bits per heavy atom. The topological polar surface area (TPSA) is 228 Å². The van der Waals surface area contributed by atoms with Crippen molar-refractivity contribution in [2.24, 2.45) is 0 Å². The maximum atomic E-state index is 11.7. The number of unbranched alkanes of at least 4 members (excludes halogenated alkanes) is 6. The Bertz CT molecular complexity index is 714. The van der Waals surface area contributed by atoms with Gasteiger partial charge in [0.05, 0.1) is 32.0 Å². The van der Waals surface area contributed by atoms with E-state index in [0.717, 1.165) is 25.7 Å². The van der Waals surface area contributed by atoms with Crippen LogP contribution >= 0.6 is 0 Å². The average Bonchev–Trinajstić information content (AvgIpc) is 2.93. The lowest BCUT2D eigenvalue weighted by molar-refractivity contribution is -0.359. The summed E-state index contributed by atoms with van der Waals surface area (Å²) >= 11 is 0. The number of carbonyl (C=O) groups is 1. The normalized spacial score (nSPS) is 36.2. The second kappa shape index (κ2) is 17.8. The van der Waals surface area contributed by atoms with Crippen molar-refractivity contribution in [1.82, 2.24) is 5.32 Å². The molecule has 236 valence electrons. The zero-order chi connectivity index (χ0) is 29.8. The third-order valence-electron chi connectivity index (χ3n) is 7.36. The zero-order valence-corrected chi connectivity index (χ0v) is 23.3. The number of nitrogens with one attached hydrogen (secondary N) is 1. The fourth-order valence-corrected chi connectivity index (χ4v) is 4.91. The monoisotopic (exact) mass is 583 g/mol. The van der Waals surface area contributed by atoms with Crippen molar-refractivity contribution in [3.63, 3.8) is 0 Å². The maximum Gasteiger partial charge on any atom is 0.217 e. The van der Waals surface area contributed by atoms with Gasteiger partial charge < -0.3 is 65.1 Å². The highest BCUT2D eigenvalue weighted by atomic mass is 16.7. The summed E-state index contributed by atoms with van der Waals surface area (Å²) in [6.45, 7) is 1.78. The first-order chi connectivity index (χ1) is 19.0. The lowest BCUT2D eigenvalue weighted by atomic mass is 9.97. The van der Waals surface area contributed by atoms with E-state index in [2.05, 4.69) is 12.2 Å². The van der Waals surface area contributed by atoms with Gasteiger partial charge in [0.25, 0.3) is 0 Å². The Hall–Kier alpha value is -1.01. The summed E-state index contributed by atoms with van der Waals surface area (Å²) in [4.78, 5) is 11.7. The third-order valence-corrected chi connectivity index (χ3v) is 7.36. The van der Waals surface area contributed by atoms with Crippen molar-refractivity contribution < 1.29 is 64.6 Å². The quantitative estimate of drug-likeness (QED) is 0.0817. The number of rotatable bonds is 17. The molecule has 40 heavy (non-hydrogen) atoms. The van der Waals surface area contributed by atoms with Gasteiger partial charge in [-0.05, 0) is 6.42 Å². The van der Waals surface area contributed by atoms with Crippen LogP contribution in [-0.4, -0.2) is 140 Å². The fraction of sp³-hybridized carbons (Fsp3) is 0.962. The first-order valence-corrected chi connectivity index (χ1v) is 14.2. The summed E-state index contributed by atoms with van der Waals surface area (Å²) in [5.41, 5.74) is 0. The molecule has 1 amide bonds. The second-order valence-electron chi connectivity index (χ2n) is 10.6. The molecule has 0 aromatic rings. The molecule has 14 heteroatoms. The highest BCUT2D eigenvalue weighted by Crippen LogP contribution is 2.29. The van der Waals surface area contributed by atoms with Crippen molar-refractivity contribution in [3.8, 4) is 0 Å². The smallest absolute Gasteiger partial charge is 0.217 e. The van der Waals surface area contributed by atoms with Gasteiger partial charge in [-0.3, -0.25) is 4.79 Å². The van der Waals surface area contributed by atoms with Gasteiger partial charge in [-0.25, -0.2) is 0 Å². The number of hydrogen-bond donors (Lipinski definition) is 9. The Morgan fingerprint density at radius 2 is 1.38 bits per heavy atom. The van der Waals surface area contributed by atoms with Gasteiger partial charge in [-0.1, -0.05) is 51.9 Å². The van der Waals surface area contributed by atoms with Gasteiger partial charge in [0.2, 0.25) is 5.91 Å². The molecule has 0 bridgehead atoms. The predicted molar refractivity (Wildman–Crippen MR) is 139 cm³/mol. The number of carbonyl (C=O) groups excluding carboxylic acids is 1. The molecular formula is C26H49NO13. The Morgan fingerprint density at radius 1 is 0.800 bits per heavy atom. The Labute approximate surface area is 234 Å². The van der Waals surface area contributed by atoms with Crippen molar-refractivity contribution in [2.45, 2.75) is 139 Å². The highest BCUT2D eigenvalue weighted by Gasteiger charge is 2.50. The molecule has 0 aromatic carbocycles. The molecule has 2 aliphatic rings. The number of aliphatic hydroxyl groups excluding tert-OH is 8. The Balaban J connectivity index is 1.95. The number of amides is 1. The second-order valence-corrected chi connectivity index (χ2v) is 10.6. The Kier molecular flexibility index (Phi) is 15.7. The molecule has 2 heterocycles. The van der Waals surface area contributed by atoms with Crippen molar-refractivity contribution in [1.29, 1.82) is 0 Å². The molecule has 2 saturated heterocycles. The van der Waals surface area contributed by atoms with E-state index in [-0.39, 0.29) is 6.61 Å². The molecular weight excluding hydrogens is 534 g/mol. The van der Waals surface area contributed by atoms with Gasteiger partial charge in [-0.2, -0.15) is 0 Å². The lowest BCUT2D eigenvalue weighted by Gasteiger charge is -2.46. The minimum absolute atomic E-state index is 0.262. The van der Waals surface area contributed by atoms with Crippen LogP contribution in [0.2, 0.25) is 0 Å². The van der Waals surface area contributed by atoms with Crippen LogP contribution in [0.25, 0.3) is 0 Å². The molecule has 9 N–H and O–H groups in total.